The van der Waals surface area contributed by atoms with Crippen molar-refractivity contribution < 1.29 is 14.6 Å². The lowest BCUT2D eigenvalue weighted by Crippen LogP contribution is -2.19. The van der Waals surface area contributed by atoms with Gasteiger partial charge in [-0.25, -0.2) is 0 Å². The molecule has 0 bridgehead atoms. The molecule has 19 heavy (non-hydrogen) atoms. The summed E-state index contributed by atoms with van der Waals surface area (Å²) < 4.78 is 10.2. The summed E-state index contributed by atoms with van der Waals surface area (Å²) in [6, 6.07) is 0.176. The van der Waals surface area contributed by atoms with Gasteiger partial charge in [0.2, 0.25) is 11.2 Å². The molecular formula is C11H19ClN4O3. The standard InChI is InChI=1S/C11H19ClN4O3/c1-7(2)19-11-15-9(12)14-10(16-11)13-5-4-8(17)6-18-3/h7-8,17H,4-6H2,1-3H3,(H,13,14,15,16). The van der Waals surface area contributed by atoms with E-state index in [1.807, 2.05) is 13.8 Å². The number of methoxy groups -OCH3 is 1. The van der Waals surface area contributed by atoms with Gasteiger partial charge in [-0.3, -0.25) is 0 Å². The van der Waals surface area contributed by atoms with E-state index in [0.29, 0.717) is 25.5 Å². The van der Waals surface area contributed by atoms with Crippen molar-refractivity contribution in [2.75, 3.05) is 25.6 Å². The number of ether oxygens (including phenoxy) is 2. The Balaban J connectivity index is 2.51. The van der Waals surface area contributed by atoms with Gasteiger partial charge in [0.15, 0.2) is 0 Å². The van der Waals surface area contributed by atoms with Gasteiger partial charge in [-0.2, -0.15) is 15.0 Å². The maximum Gasteiger partial charge on any atom is 0.322 e. The summed E-state index contributed by atoms with van der Waals surface area (Å²) in [5.74, 6) is 0.320. The van der Waals surface area contributed by atoms with Crippen molar-refractivity contribution in [1.29, 1.82) is 0 Å². The van der Waals surface area contributed by atoms with Gasteiger partial charge in [-0.15, -0.1) is 0 Å². The number of hydrogen-bond acceptors (Lipinski definition) is 7. The molecule has 0 spiro atoms. The number of nitrogens with one attached hydrogen (secondary N) is 1. The van der Waals surface area contributed by atoms with Gasteiger partial charge in [0, 0.05) is 13.7 Å². The van der Waals surface area contributed by atoms with E-state index in [1.165, 1.54) is 7.11 Å². The lowest BCUT2D eigenvalue weighted by molar-refractivity contribution is 0.0615. The molecule has 0 saturated carbocycles. The monoisotopic (exact) mass is 290 g/mol. The lowest BCUT2D eigenvalue weighted by Gasteiger charge is -2.11. The summed E-state index contributed by atoms with van der Waals surface area (Å²) in [6.07, 6.45) is -0.0617. The first kappa shape index (κ1) is 15.9. The molecule has 1 rings (SSSR count). The fourth-order valence-corrected chi connectivity index (χ4v) is 1.45. The van der Waals surface area contributed by atoms with Crippen LogP contribution < -0.4 is 10.1 Å². The van der Waals surface area contributed by atoms with Gasteiger partial charge < -0.3 is 19.9 Å². The molecule has 0 aliphatic rings. The lowest BCUT2D eigenvalue weighted by atomic mass is 10.3. The highest BCUT2D eigenvalue weighted by molar-refractivity contribution is 6.28. The summed E-state index contributed by atoms with van der Waals surface area (Å²) in [4.78, 5) is 11.8. The molecular weight excluding hydrogens is 272 g/mol. The number of aliphatic hydroxyl groups is 1. The normalized spacial score (nSPS) is 12.5. The average Bonchev–Trinajstić information content (AvgIpc) is 2.27. The number of nitrogens with zero attached hydrogens (tertiary/aromatic N) is 3. The van der Waals surface area contributed by atoms with Gasteiger partial charge in [0.1, 0.15) is 0 Å². The third kappa shape index (κ3) is 6.51. The van der Waals surface area contributed by atoms with Crippen LogP contribution in [0.15, 0.2) is 0 Å². The van der Waals surface area contributed by atoms with Crippen LogP contribution in [0.2, 0.25) is 5.28 Å². The molecule has 0 aliphatic heterocycles. The van der Waals surface area contributed by atoms with E-state index < -0.39 is 6.10 Å². The maximum absolute atomic E-state index is 9.49. The van der Waals surface area contributed by atoms with Crippen LogP contribution in [0.5, 0.6) is 6.01 Å². The molecule has 1 aromatic heterocycles. The Hall–Kier alpha value is -1.18. The number of hydrogen-bond donors (Lipinski definition) is 2. The predicted molar refractivity (Wildman–Crippen MR) is 71.6 cm³/mol. The summed E-state index contributed by atoms with van der Waals surface area (Å²) in [5, 5.41) is 12.5. The van der Waals surface area contributed by atoms with Gasteiger partial charge in [-0.05, 0) is 31.9 Å². The molecule has 0 amide bonds. The zero-order chi connectivity index (χ0) is 14.3. The Kier molecular flexibility index (Phi) is 6.75. The second kappa shape index (κ2) is 8.08. The Morgan fingerprint density at radius 3 is 2.68 bits per heavy atom. The second-order valence-corrected chi connectivity index (χ2v) is 4.54. The van der Waals surface area contributed by atoms with E-state index in [4.69, 9.17) is 21.1 Å². The second-order valence-electron chi connectivity index (χ2n) is 4.20. The molecule has 0 aliphatic carbocycles. The Labute approximate surface area is 117 Å². The first-order valence-electron chi connectivity index (χ1n) is 6.00. The number of anilines is 1. The van der Waals surface area contributed by atoms with Gasteiger partial charge in [0.25, 0.3) is 0 Å². The van der Waals surface area contributed by atoms with Crippen LogP contribution in [0.1, 0.15) is 20.3 Å². The highest BCUT2D eigenvalue weighted by atomic mass is 35.5. The zero-order valence-corrected chi connectivity index (χ0v) is 12.0. The van der Waals surface area contributed by atoms with Gasteiger partial charge >= 0.3 is 6.01 Å². The van der Waals surface area contributed by atoms with Crippen LogP contribution >= 0.6 is 11.6 Å². The Morgan fingerprint density at radius 1 is 1.32 bits per heavy atom. The topological polar surface area (TPSA) is 89.4 Å². The quantitative estimate of drug-likeness (QED) is 0.741. The first-order valence-corrected chi connectivity index (χ1v) is 6.38. The maximum atomic E-state index is 9.49. The predicted octanol–water partition coefficient (Wildman–Crippen LogP) is 1.12. The number of aliphatic hydroxyl groups excluding tert-OH is 1. The van der Waals surface area contributed by atoms with Crippen molar-refractivity contribution >= 4 is 17.5 Å². The van der Waals surface area contributed by atoms with Crippen LogP contribution in [0.3, 0.4) is 0 Å². The molecule has 7 nitrogen and oxygen atoms in total. The van der Waals surface area contributed by atoms with Crippen LogP contribution in [0, 0.1) is 0 Å². The fraction of sp³-hybridized carbons (Fsp3) is 0.727. The van der Waals surface area contributed by atoms with Crippen molar-refractivity contribution in [2.45, 2.75) is 32.5 Å². The van der Waals surface area contributed by atoms with Crippen LogP contribution in [-0.4, -0.2) is 52.5 Å². The molecule has 2 N–H and O–H groups in total. The molecule has 0 aromatic carbocycles. The zero-order valence-electron chi connectivity index (χ0n) is 11.3. The summed E-state index contributed by atoms with van der Waals surface area (Å²) in [6.45, 7) is 4.52. The van der Waals surface area contributed by atoms with E-state index in [1.54, 1.807) is 0 Å². The van der Waals surface area contributed by atoms with Crippen molar-refractivity contribution in [3.8, 4) is 6.01 Å². The minimum atomic E-state index is -0.527. The molecule has 0 saturated heterocycles. The Morgan fingerprint density at radius 2 is 2.05 bits per heavy atom. The first-order chi connectivity index (χ1) is 9.01. The minimum absolute atomic E-state index is 0.0464. The highest BCUT2D eigenvalue weighted by Gasteiger charge is 2.08. The molecule has 1 aromatic rings. The largest absolute Gasteiger partial charge is 0.461 e. The smallest absolute Gasteiger partial charge is 0.322 e. The Bertz CT molecular complexity index is 392. The third-order valence-corrected chi connectivity index (χ3v) is 2.22. The van der Waals surface area contributed by atoms with Crippen molar-refractivity contribution in [3.05, 3.63) is 5.28 Å². The summed E-state index contributed by atoms with van der Waals surface area (Å²) in [7, 11) is 1.54. The third-order valence-electron chi connectivity index (χ3n) is 2.05. The minimum Gasteiger partial charge on any atom is -0.461 e. The van der Waals surface area contributed by atoms with Crippen molar-refractivity contribution in [1.82, 2.24) is 15.0 Å². The fourth-order valence-electron chi connectivity index (χ4n) is 1.30. The van der Waals surface area contributed by atoms with E-state index in [-0.39, 0.29) is 17.4 Å². The molecule has 0 fully saturated rings. The SMILES string of the molecule is COCC(O)CCNc1nc(Cl)nc(OC(C)C)n1. The van der Waals surface area contributed by atoms with E-state index in [9.17, 15) is 5.11 Å². The molecule has 1 atom stereocenters. The number of aromatic nitrogens is 3. The van der Waals surface area contributed by atoms with Crippen molar-refractivity contribution in [3.63, 3.8) is 0 Å². The van der Waals surface area contributed by atoms with Gasteiger partial charge in [0.05, 0.1) is 18.8 Å². The average molecular weight is 291 g/mol. The number of halogens is 1. The highest BCUT2D eigenvalue weighted by Crippen LogP contribution is 2.12. The molecule has 108 valence electrons. The van der Waals surface area contributed by atoms with E-state index in [2.05, 4.69) is 20.3 Å². The summed E-state index contributed by atoms with van der Waals surface area (Å²) in [5.41, 5.74) is 0. The molecule has 0 radical (unpaired) electrons. The van der Waals surface area contributed by atoms with Crippen LogP contribution in [0.25, 0.3) is 0 Å². The van der Waals surface area contributed by atoms with E-state index in [0.717, 1.165) is 0 Å². The van der Waals surface area contributed by atoms with Crippen LogP contribution in [-0.2, 0) is 4.74 Å². The number of rotatable bonds is 8. The van der Waals surface area contributed by atoms with E-state index >= 15 is 0 Å². The van der Waals surface area contributed by atoms with Crippen molar-refractivity contribution in [2.24, 2.45) is 0 Å². The molecule has 1 heterocycles. The molecule has 8 heteroatoms. The summed E-state index contributed by atoms with van der Waals surface area (Å²) >= 11 is 5.77. The molecule has 1 unspecified atom stereocenters. The van der Waals surface area contributed by atoms with Crippen LogP contribution in [0.4, 0.5) is 5.95 Å². The van der Waals surface area contributed by atoms with Gasteiger partial charge in [-0.1, -0.05) is 0 Å².